The Hall–Kier alpha value is -0.170. The fourth-order valence-corrected chi connectivity index (χ4v) is 1.87. The van der Waals surface area contributed by atoms with Crippen LogP contribution in [0.15, 0.2) is 0 Å². The van der Waals surface area contributed by atoms with Crippen molar-refractivity contribution in [3.8, 4) is 0 Å². The van der Waals surface area contributed by atoms with Gasteiger partial charge in [0, 0.05) is 13.2 Å². The number of aliphatic hydroxyl groups excluding tert-OH is 1. The standard InChI is InChI=1S/C8H19NO4S/c1-8(2)13-6-4-9-14(11,12)7-3-5-10/h8-10H,3-7H2,1-2H3. The van der Waals surface area contributed by atoms with Crippen molar-refractivity contribution in [2.45, 2.75) is 26.4 Å². The Kier molecular flexibility index (Phi) is 7.08. The molecule has 0 aliphatic rings. The van der Waals surface area contributed by atoms with Crippen molar-refractivity contribution in [1.82, 2.24) is 4.72 Å². The lowest BCUT2D eigenvalue weighted by Gasteiger charge is -2.08. The molecule has 0 aromatic carbocycles. The molecule has 0 bridgehead atoms. The number of sulfonamides is 1. The van der Waals surface area contributed by atoms with Gasteiger partial charge in [-0.15, -0.1) is 0 Å². The van der Waals surface area contributed by atoms with Gasteiger partial charge in [-0.05, 0) is 20.3 Å². The van der Waals surface area contributed by atoms with Crippen LogP contribution in [0.2, 0.25) is 0 Å². The minimum absolute atomic E-state index is 0.0365. The molecule has 0 aromatic heterocycles. The number of aliphatic hydroxyl groups is 1. The average molecular weight is 225 g/mol. The van der Waals surface area contributed by atoms with Gasteiger partial charge in [0.25, 0.3) is 0 Å². The summed E-state index contributed by atoms with van der Waals surface area (Å²) in [6.45, 7) is 4.33. The third-order valence-electron chi connectivity index (χ3n) is 1.45. The highest BCUT2D eigenvalue weighted by Gasteiger charge is 2.08. The van der Waals surface area contributed by atoms with Gasteiger partial charge in [-0.3, -0.25) is 0 Å². The molecule has 0 spiro atoms. The Morgan fingerprint density at radius 3 is 2.57 bits per heavy atom. The van der Waals surface area contributed by atoms with E-state index in [2.05, 4.69) is 4.72 Å². The summed E-state index contributed by atoms with van der Waals surface area (Å²) >= 11 is 0. The highest BCUT2D eigenvalue weighted by atomic mass is 32.2. The third kappa shape index (κ3) is 8.43. The van der Waals surface area contributed by atoms with Crippen molar-refractivity contribution in [2.24, 2.45) is 0 Å². The molecule has 0 heterocycles. The highest BCUT2D eigenvalue weighted by Crippen LogP contribution is 1.89. The van der Waals surface area contributed by atoms with E-state index in [9.17, 15) is 8.42 Å². The average Bonchev–Trinajstić information content (AvgIpc) is 2.09. The van der Waals surface area contributed by atoms with Gasteiger partial charge < -0.3 is 9.84 Å². The maximum atomic E-state index is 11.2. The predicted octanol–water partition coefficient (Wildman–Crippen LogP) is -0.287. The molecule has 0 fully saturated rings. The maximum absolute atomic E-state index is 11.2. The van der Waals surface area contributed by atoms with Crippen LogP contribution in [0.1, 0.15) is 20.3 Å². The van der Waals surface area contributed by atoms with Crippen LogP contribution < -0.4 is 4.72 Å². The summed E-state index contributed by atoms with van der Waals surface area (Å²) in [7, 11) is -3.23. The second-order valence-corrected chi connectivity index (χ2v) is 5.14. The molecular weight excluding hydrogens is 206 g/mol. The number of ether oxygens (including phenoxy) is 1. The summed E-state index contributed by atoms with van der Waals surface area (Å²) in [5, 5.41) is 8.46. The van der Waals surface area contributed by atoms with Gasteiger partial charge in [-0.25, -0.2) is 13.1 Å². The minimum atomic E-state index is -3.23. The fraction of sp³-hybridized carbons (Fsp3) is 1.00. The summed E-state index contributed by atoms with van der Waals surface area (Å²) in [6.07, 6.45) is 0.373. The summed E-state index contributed by atoms with van der Waals surface area (Å²) in [5.41, 5.74) is 0. The molecule has 0 radical (unpaired) electrons. The highest BCUT2D eigenvalue weighted by molar-refractivity contribution is 7.89. The van der Waals surface area contributed by atoms with Gasteiger partial charge in [0.1, 0.15) is 0 Å². The van der Waals surface area contributed by atoms with E-state index in [1.54, 1.807) is 0 Å². The summed E-state index contributed by atoms with van der Waals surface area (Å²) in [6, 6.07) is 0. The van der Waals surface area contributed by atoms with E-state index in [-0.39, 0.29) is 31.4 Å². The predicted molar refractivity (Wildman–Crippen MR) is 54.6 cm³/mol. The molecule has 2 N–H and O–H groups in total. The Morgan fingerprint density at radius 1 is 1.43 bits per heavy atom. The SMILES string of the molecule is CC(C)OCCNS(=O)(=O)CCCO. The molecule has 14 heavy (non-hydrogen) atoms. The zero-order valence-corrected chi connectivity index (χ0v) is 9.51. The third-order valence-corrected chi connectivity index (χ3v) is 2.92. The van der Waals surface area contributed by atoms with Crippen molar-refractivity contribution in [2.75, 3.05) is 25.5 Å². The van der Waals surface area contributed by atoms with E-state index < -0.39 is 10.0 Å². The molecule has 0 aliphatic heterocycles. The van der Waals surface area contributed by atoms with Crippen LogP contribution in [0.3, 0.4) is 0 Å². The zero-order valence-electron chi connectivity index (χ0n) is 8.69. The molecule has 0 amide bonds. The van der Waals surface area contributed by atoms with Crippen molar-refractivity contribution in [3.05, 3.63) is 0 Å². The van der Waals surface area contributed by atoms with Gasteiger partial charge in [-0.1, -0.05) is 0 Å². The van der Waals surface area contributed by atoms with Crippen LogP contribution in [-0.4, -0.2) is 45.1 Å². The number of rotatable bonds is 8. The smallest absolute Gasteiger partial charge is 0.211 e. The van der Waals surface area contributed by atoms with Crippen molar-refractivity contribution >= 4 is 10.0 Å². The second-order valence-electron chi connectivity index (χ2n) is 3.21. The first-order chi connectivity index (χ1) is 6.48. The van der Waals surface area contributed by atoms with E-state index in [0.29, 0.717) is 6.61 Å². The van der Waals surface area contributed by atoms with Crippen molar-refractivity contribution < 1.29 is 18.3 Å². The minimum Gasteiger partial charge on any atom is -0.396 e. The molecule has 0 saturated heterocycles. The lowest BCUT2D eigenvalue weighted by Crippen LogP contribution is -2.30. The van der Waals surface area contributed by atoms with Gasteiger partial charge in [0.15, 0.2) is 0 Å². The second kappa shape index (κ2) is 7.17. The molecule has 86 valence electrons. The Bertz CT molecular complexity index is 225. The van der Waals surface area contributed by atoms with E-state index in [1.165, 1.54) is 0 Å². The Morgan fingerprint density at radius 2 is 2.07 bits per heavy atom. The van der Waals surface area contributed by atoms with E-state index in [1.807, 2.05) is 13.8 Å². The molecule has 0 rings (SSSR count). The number of hydrogen-bond donors (Lipinski definition) is 2. The molecule has 5 nitrogen and oxygen atoms in total. The van der Waals surface area contributed by atoms with Crippen molar-refractivity contribution in [1.29, 1.82) is 0 Å². The number of hydrogen-bond acceptors (Lipinski definition) is 4. The summed E-state index contributed by atoms with van der Waals surface area (Å²) < 4.78 is 29.9. The van der Waals surface area contributed by atoms with Gasteiger partial charge in [0.2, 0.25) is 10.0 Å². The first-order valence-corrected chi connectivity index (χ1v) is 6.33. The Labute approximate surface area is 85.5 Å². The van der Waals surface area contributed by atoms with Gasteiger partial charge >= 0.3 is 0 Å². The van der Waals surface area contributed by atoms with Crippen LogP contribution in [-0.2, 0) is 14.8 Å². The normalized spacial score (nSPS) is 12.3. The van der Waals surface area contributed by atoms with E-state index in [4.69, 9.17) is 9.84 Å². The summed E-state index contributed by atoms with van der Waals surface area (Å²) in [4.78, 5) is 0. The molecule has 0 aliphatic carbocycles. The largest absolute Gasteiger partial charge is 0.396 e. The monoisotopic (exact) mass is 225 g/mol. The molecule has 0 atom stereocenters. The van der Waals surface area contributed by atoms with Crippen LogP contribution in [0.25, 0.3) is 0 Å². The van der Waals surface area contributed by atoms with Crippen LogP contribution in [0.5, 0.6) is 0 Å². The maximum Gasteiger partial charge on any atom is 0.211 e. The quantitative estimate of drug-likeness (QED) is 0.557. The van der Waals surface area contributed by atoms with Crippen LogP contribution in [0, 0.1) is 0 Å². The topological polar surface area (TPSA) is 75.6 Å². The molecule has 6 heteroatoms. The summed E-state index contributed by atoms with van der Waals surface area (Å²) in [5.74, 6) is -0.0365. The van der Waals surface area contributed by atoms with Crippen LogP contribution >= 0.6 is 0 Å². The van der Waals surface area contributed by atoms with Gasteiger partial charge in [-0.2, -0.15) is 0 Å². The zero-order chi connectivity index (χ0) is 11.0. The first-order valence-electron chi connectivity index (χ1n) is 4.67. The molecule has 0 unspecified atom stereocenters. The van der Waals surface area contributed by atoms with E-state index in [0.717, 1.165) is 0 Å². The molecule has 0 saturated carbocycles. The lowest BCUT2D eigenvalue weighted by atomic mass is 10.5. The first kappa shape index (κ1) is 13.8. The van der Waals surface area contributed by atoms with Crippen molar-refractivity contribution in [3.63, 3.8) is 0 Å². The number of nitrogens with one attached hydrogen (secondary N) is 1. The molecule has 0 aromatic rings. The van der Waals surface area contributed by atoms with Gasteiger partial charge in [0.05, 0.1) is 18.5 Å². The fourth-order valence-electron chi connectivity index (χ4n) is 0.819. The lowest BCUT2D eigenvalue weighted by molar-refractivity contribution is 0.0834. The molecular formula is C8H19NO4S. The Balaban J connectivity index is 3.56. The van der Waals surface area contributed by atoms with Crippen LogP contribution in [0.4, 0.5) is 0 Å². The van der Waals surface area contributed by atoms with E-state index >= 15 is 0 Å².